The second-order valence-electron chi connectivity index (χ2n) is 4.45. The highest BCUT2D eigenvalue weighted by Gasteiger charge is 2.31. The van der Waals surface area contributed by atoms with E-state index in [0.717, 1.165) is 17.0 Å². The van der Waals surface area contributed by atoms with Crippen LogP contribution in [0.1, 0.15) is 16.3 Å². The van der Waals surface area contributed by atoms with Crippen molar-refractivity contribution in [3.63, 3.8) is 0 Å². The van der Waals surface area contributed by atoms with Crippen molar-refractivity contribution >= 4 is 22.4 Å². The van der Waals surface area contributed by atoms with E-state index in [1.54, 1.807) is 17.7 Å². The first kappa shape index (κ1) is 13.1. The Morgan fingerprint density at radius 2 is 1.95 bits per heavy atom. The van der Waals surface area contributed by atoms with Crippen LogP contribution in [0.2, 0.25) is 0 Å². The molecule has 20 heavy (non-hydrogen) atoms. The SMILES string of the molecule is Cc1cnc(-n2c(C)nc3cc(C(F)(F)F)ccc32)s1. The highest BCUT2D eigenvalue weighted by molar-refractivity contribution is 7.14. The fraction of sp³-hybridized carbons (Fsp3) is 0.231. The molecular formula is C13H10F3N3S. The predicted octanol–water partition coefficient (Wildman–Crippen LogP) is 4.12. The maximum atomic E-state index is 12.7. The summed E-state index contributed by atoms with van der Waals surface area (Å²) in [6.45, 7) is 3.68. The van der Waals surface area contributed by atoms with E-state index in [0.29, 0.717) is 22.0 Å². The van der Waals surface area contributed by atoms with Gasteiger partial charge in [0, 0.05) is 11.1 Å². The molecular weight excluding hydrogens is 287 g/mol. The van der Waals surface area contributed by atoms with Crippen molar-refractivity contribution in [3.8, 4) is 5.13 Å². The molecule has 3 rings (SSSR count). The molecule has 0 radical (unpaired) electrons. The third kappa shape index (κ3) is 2.07. The minimum atomic E-state index is -4.36. The molecule has 0 aliphatic carbocycles. The van der Waals surface area contributed by atoms with Crippen LogP contribution < -0.4 is 0 Å². The van der Waals surface area contributed by atoms with Crippen LogP contribution in [-0.4, -0.2) is 14.5 Å². The van der Waals surface area contributed by atoms with Crippen molar-refractivity contribution in [1.82, 2.24) is 14.5 Å². The molecule has 2 heterocycles. The number of fused-ring (bicyclic) bond motifs is 1. The Balaban J connectivity index is 2.22. The smallest absolute Gasteiger partial charge is 0.272 e. The second kappa shape index (κ2) is 4.31. The van der Waals surface area contributed by atoms with E-state index in [9.17, 15) is 13.2 Å². The summed E-state index contributed by atoms with van der Waals surface area (Å²) in [5.41, 5.74) is 0.264. The van der Waals surface area contributed by atoms with Gasteiger partial charge in [-0.15, -0.1) is 11.3 Å². The largest absolute Gasteiger partial charge is 0.416 e. The maximum Gasteiger partial charge on any atom is 0.416 e. The zero-order valence-electron chi connectivity index (χ0n) is 10.7. The number of benzene rings is 1. The molecule has 0 aliphatic heterocycles. The highest BCUT2D eigenvalue weighted by atomic mass is 32.1. The number of hydrogen-bond acceptors (Lipinski definition) is 3. The van der Waals surface area contributed by atoms with Crippen molar-refractivity contribution in [2.45, 2.75) is 20.0 Å². The van der Waals surface area contributed by atoms with E-state index in [1.165, 1.54) is 17.4 Å². The molecule has 0 bridgehead atoms. The van der Waals surface area contributed by atoms with Gasteiger partial charge in [0.05, 0.1) is 16.6 Å². The lowest BCUT2D eigenvalue weighted by Gasteiger charge is -2.06. The van der Waals surface area contributed by atoms with Crippen LogP contribution in [0.25, 0.3) is 16.2 Å². The topological polar surface area (TPSA) is 30.7 Å². The number of aryl methyl sites for hydroxylation is 2. The van der Waals surface area contributed by atoms with Crippen LogP contribution in [-0.2, 0) is 6.18 Å². The van der Waals surface area contributed by atoms with Crippen molar-refractivity contribution in [2.75, 3.05) is 0 Å². The molecule has 0 saturated carbocycles. The number of thiazole rings is 1. The highest BCUT2D eigenvalue weighted by Crippen LogP contribution is 2.32. The molecule has 0 spiro atoms. The zero-order chi connectivity index (χ0) is 14.5. The average Bonchev–Trinajstić information content (AvgIpc) is 2.89. The summed E-state index contributed by atoms with van der Waals surface area (Å²) in [5.74, 6) is 0.619. The lowest BCUT2D eigenvalue weighted by molar-refractivity contribution is -0.137. The van der Waals surface area contributed by atoms with Gasteiger partial charge in [-0.25, -0.2) is 9.97 Å². The first-order valence-electron chi connectivity index (χ1n) is 5.85. The van der Waals surface area contributed by atoms with E-state index < -0.39 is 11.7 Å². The molecule has 0 unspecified atom stereocenters. The van der Waals surface area contributed by atoms with Gasteiger partial charge in [-0.3, -0.25) is 4.57 Å². The zero-order valence-corrected chi connectivity index (χ0v) is 11.5. The number of alkyl halides is 3. The van der Waals surface area contributed by atoms with Crippen LogP contribution >= 0.6 is 11.3 Å². The third-order valence-corrected chi connectivity index (χ3v) is 3.85. The molecule has 0 N–H and O–H groups in total. The van der Waals surface area contributed by atoms with Gasteiger partial charge in [-0.05, 0) is 32.0 Å². The fourth-order valence-corrected chi connectivity index (χ4v) is 2.89. The number of imidazole rings is 1. The molecule has 1 aromatic carbocycles. The number of rotatable bonds is 1. The van der Waals surface area contributed by atoms with E-state index >= 15 is 0 Å². The van der Waals surface area contributed by atoms with Gasteiger partial charge in [0.25, 0.3) is 0 Å². The molecule has 0 atom stereocenters. The van der Waals surface area contributed by atoms with Crippen molar-refractivity contribution in [3.05, 3.63) is 40.7 Å². The molecule has 2 aromatic heterocycles. The number of nitrogens with zero attached hydrogens (tertiary/aromatic N) is 3. The Morgan fingerprint density at radius 1 is 1.20 bits per heavy atom. The molecule has 0 aliphatic rings. The van der Waals surface area contributed by atoms with Crippen molar-refractivity contribution < 1.29 is 13.2 Å². The molecule has 104 valence electrons. The van der Waals surface area contributed by atoms with E-state index in [-0.39, 0.29) is 0 Å². The lowest BCUT2D eigenvalue weighted by atomic mass is 10.2. The normalized spacial score (nSPS) is 12.2. The average molecular weight is 297 g/mol. The van der Waals surface area contributed by atoms with Crippen LogP contribution in [0.5, 0.6) is 0 Å². The summed E-state index contributed by atoms with van der Waals surface area (Å²) in [7, 11) is 0. The summed E-state index contributed by atoms with van der Waals surface area (Å²) in [4.78, 5) is 9.50. The lowest BCUT2D eigenvalue weighted by Crippen LogP contribution is -2.04. The van der Waals surface area contributed by atoms with Crippen LogP contribution in [0.3, 0.4) is 0 Å². The maximum absolute atomic E-state index is 12.7. The van der Waals surface area contributed by atoms with Crippen LogP contribution in [0.4, 0.5) is 13.2 Å². The standard InChI is InChI=1S/C13H10F3N3S/c1-7-6-17-12(20-7)19-8(2)18-10-5-9(13(14,15)16)3-4-11(10)19/h3-6H,1-2H3. The summed E-state index contributed by atoms with van der Waals surface area (Å²) in [6, 6.07) is 3.58. The van der Waals surface area contributed by atoms with Gasteiger partial charge >= 0.3 is 6.18 Å². The van der Waals surface area contributed by atoms with Crippen LogP contribution in [0, 0.1) is 13.8 Å². The Kier molecular flexibility index (Phi) is 2.82. The van der Waals surface area contributed by atoms with Crippen molar-refractivity contribution in [1.29, 1.82) is 0 Å². The number of aromatic nitrogens is 3. The van der Waals surface area contributed by atoms with Crippen molar-refractivity contribution in [2.24, 2.45) is 0 Å². The molecule has 3 nitrogen and oxygen atoms in total. The second-order valence-corrected chi connectivity index (χ2v) is 5.66. The Bertz CT molecular complexity index is 786. The van der Waals surface area contributed by atoms with Gasteiger partial charge in [0.1, 0.15) is 5.82 Å². The quantitative estimate of drug-likeness (QED) is 0.676. The Morgan fingerprint density at radius 3 is 2.55 bits per heavy atom. The van der Waals surface area contributed by atoms with E-state index in [1.807, 2.05) is 6.92 Å². The summed E-state index contributed by atoms with van der Waals surface area (Å²) in [6.07, 6.45) is -2.63. The van der Waals surface area contributed by atoms with Gasteiger partial charge in [0.15, 0.2) is 5.13 Å². The first-order valence-corrected chi connectivity index (χ1v) is 6.67. The van der Waals surface area contributed by atoms with Gasteiger partial charge in [0.2, 0.25) is 0 Å². The first-order chi connectivity index (χ1) is 9.36. The third-order valence-electron chi connectivity index (χ3n) is 2.95. The number of halogens is 3. The van der Waals surface area contributed by atoms with Crippen LogP contribution in [0.15, 0.2) is 24.4 Å². The Hall–Kier alpha value is -1.89. The summed E-state index contributed by atoms with van der Waals surface area (Å²) >= 11 is 1.47. The summed E-state index contributed by atoms with van der Waals surface area (Å²) in [5, 5.41) is 0.710. The predicted molar refractivity (Wildman–Crippen MR) is 71.2 cm³/mol. The van der Waals surface area contributed by atoms with Gasteiger partial charge in [-0.1, -0.05) is 0 Å². The van der Waals surface area contributed by atoms with E-state index in [4.69, 9.17) is 0 Å². The Labute approximate surface area is 116 Å². The molecule has 3 aromatic rings. The van der Waals surface area contributed by atoms with Gasteiger partial charge < -0.3 is 0 Å². The van der Waals surface area contributed by atoms with Gasteiger partial charge in [-0.2, -0.15) is 13.2 Å². The molecule has 0 fully saturated rings. The molecule has 7 heteroatoms. The monoisotopic (exact) mass is 297 g/mol. The minimum absolute atomic E-state index is 0.324. The minimum Gasteiger partial charge on any atom is -0.272 e. The molecule has 0 amide bonds. The summed E-state index contributed by atoms with van der Waals surface area (Å²) < 4.78 is 39.9. The molecule has 0 saturated heterocycles. The fourth-order valence-electron chi connectivity index (χ4n) is 2.06. The van der Waals surface area contributed by atoms with E-state index in [2.05, 4.69) is 9.97 Å². The number of hydrogen-bond donors (Lipinski definition) is 0.